The summed E-state index contributed by atoms with van der Waals surface area (Å²) in [7, 11) is 0. The molecule has 4 heterocycles. The van der Waals surface area contributed by atoms with Crippen LogP contribution < -0.4 is 19.7 Å². The lowest BCUT2D eigenvalue weighted by atomic mass is 9.89. The minimum Gasteiger partial charge on any atom is -0.492 e. The maximum absolute atomic E-state index is 13.2. The minimum atomic E-state index is -5.36. The fourth-order valence-electron chi connectivity index (χ4n) is 6.61. The van der Waals surface area contributed by atoms with Gasteiger partial charge in [-0.25, -0.2) is 14.6 Å². The topological polar surface area (TPSA) is 152 Å². The number of nitrogens with zero attached hydrogens (tertiary/aromatic N) is 3. The monoisotopic (exact) mass is 845 g/mol. The molecule has 6 rings (SSSR count). The third-order valence-corrected chi connectivity index (χ3v) is 11.2. The maximum atomic E-state index is 13.2. The number of fused-ring (bicyclic) bond motifs is 1. The maximum Gasteiger partial charge on any atom is 0.491 e. The molecule has 2 aliphatic heterocycles. The Morgan fingerprint density at radius 1 is 1.05 bits per heavy atom. The summed E-state index contributed by atoms with van der Waals surface area (Å²) in [5.74, 6) is -5.25. The molecule has 21 heteroatoms. The molecule has 2 aliphatic rings. The first-order valence-corrected chi connectivity index (χ1v) is 19.4. The SMILES string of the molecule is Cc1nc(C(=O)N2CCOC3(CCN(CCOc4cccc(CCNC[C@H](OC(=O)C(F)(F)F)c5ccc(OC(=O)C(F)(F)F)c6[nH]c(=O)sc56)c4)CC3)C2)cs1. The van der Waals surface area contributed by atoms with Crippen LogP contribution >= 0.6 is 22.7 Å². The van der Waals surface area contributed by atoms with Gasteiger partial charge in [-0.1, -0.05) is 23.5 Å². The third kappa shape index (κ3) is 10.7. The van der Waals surface area contributed by atoms with Gasteiger partial charge in [0.15, 0.2) is 5.75 Å². The standard InChI is InChI=1S/C36H37F6N5O8S2/c1-21-44-25(19-56-21)30(48)47-14-16-53-34(20-47)8-11-46(12-9-34)13-15-52-23-4-2-3-22(17-23)7-10-43-18-27(55-32(50)36(40,41)42)24-5-6-26(54-31(49)35(37,38)39)28-29(24)57-33(51)45-28/h2-6,17,19,27,43H,7-16,18,20H2,1H3,(H,45,51)/t27-/m0/s1. The molecule has 57 heavy (non-hydrogen) atoms. The zero-order valence-corrected chi connectivity index (χ0v) is 31.9. The lowest BCUT2D eigenvalue weighted by Crippen LogP contribution is -2.58. The summed E-state index contributed by atoms with van der Waals surface area (Å²) in [5, 5.41) is 5.56. The van der Waals surface area contributed by atoms with Crippen LogP contribution in [-0.2, 0) is 25.5 Å². The zero-order chi connectivity index (χ0) is 41.0. The number of carbonyl (C=O) groups is 3. The number of morpholine rings is 1. The van der Waals surface area contributed by atoms with E-state index in [0.29, 0.717) is 62.0 Å². The molecule has 0 unspecified atom stereocenters. The normalized spacial score (nSPS) is 16.8. The van der Waals surface area contributed by atoms with Crippen molar-refractivity contribution in [2.75, 3.05) is 59.0 Å². The first-order chi connectivity index (χ1) is 27.0. The van der Waals surface area contributed by atoms with Crippen molar-refractivity contribution in [3.05, 3.63) is 73.3 Å². The fraction of sp³-hybridized carbons (Fsp3) is 0.472. The molecule has 1 atom stereocenters. The number of thiazole rings is 2. The van der Waals surface area contributed by atoms with Gasteiger partial charge in [-0.15, -0.1) is 11.3 Å². The molecule has 2 N–H and O–H groups in total. The number of esters is 2. The van der Waals surface area contributed by atoms with Gasteiger partial charge < -0.3 is 34.1 Å². The number of amides is 1. The van der Waals surface area contributed by atoms with Crippen LogP contribution in [0, 0.1) is 6.92 Å². The molecule has 13 nitrogen and oxygen atoms in total. The molecule has 0 radical (unpaired) electrons. The number of H-pyrrole nitrogens is 1. The summed E-state index contributed by atoms with van der Waals surface area (Å²) < 4.78 is 99.3. The van der Waals surface area contributed by atoms with Crippen molar-refractivity contribution >= 4 is 50.7 Å². The van der Waals surface area contributed by atoms with E-state index in [2.05, 4.69) is 24.9 Å². The van der Waals surface area contributed by atoms with Crippen molar-refractivity contribution in [3.63, 3.8) is 0 Å². The Kier molecular flexibility index (Phi) is 12.9. The van der Waals surface area contributed by atoms with Crippen LogP contribution in [0.3, 0.4) is 0 Å². The highest BCUT2D eigenvalue weighted by molar-refractivity contribution is 7.16. The van der Waals surface area contributed by atoms with E-state index in [1.165, 1.54) is 11.3 Å². The highest BCUT2D eigenvalue weighted by Gasteiger charge is 2.44. The van der Waals surface area contributed by atoms with Crippen molar-refractivity contribution < 1.29 is 59.7 Å². The molecule has 1 amide bonds. The number of aryl methyl sites for hydroxylation is 1. The highest BCUT2D eigenvalue weighted by Crippen LogP contribution is 2.36. The second kappa shape index (κ2) is 17.5. The van der Waals surface area contributed by atoms with E-state index in [-0.39, 0.29) is 34.8 Å². The average Bonchev–Trinajstić information content (AvgIpc) is 3.78. The van der Waals surface area contributed by atoms with Crippen molar-refractivity contribution in [1.29, 1.82) is 0 Å². The number of piperidine rings is 1. The van der Waals surface area contributed by atoms with Gasteiger partial charge in [0, 0.05) is 43.7 Å². The molecule has 0 aliphatic carbocycles. The van der Waals surface area contributed by atoms with E-state index in [4.69, 9.17) is 14.2 Å². The molecule has 1 spiro atoms. The highest BCUT2D eigenvalue weighted by atomic mass is 32.1. The van der Waals surface area contributed by atoms with Crippen LogP contribution in [0.1, 0.15) is 45.6 Å². The van der Waals surface area contributed by atoms with Crippen LogP contribution in [0.5, 0.6) is 11.5 Å². The summed E-state index contributed by atoms with van der Waals surface area (Å²) >= 11 is 1.88. The number of hydrogen-bond donors (Lipinski definition) is 2. The van der Waals surface area contributed by atoms with E-state index in [0.717, 1.165) is 48.6 Å². The Morgan fingerprint density at radius 3 is 2.51 bits per heavy atom. The number of halogens is 6. The molecule has 4 aromatic rings. The van der Waals surface area contributed by atoms with E-state index >= 15 is 0 Å². The summed E-state index contributed by atoms with van der Waals surface area (Å²) in [6.45, 7) is 5.83. The van der Waals surface area contributed by atoms with E-state index < -0.39 is 46.6 Å². The second-order valence-corrected chi connectivity index (χ2v) is 15.5. The second-order valence-electron chi connectivity index (χ2n) is 13.5. The van der Waals surface area contributed by atoms with Crippen molar-refractivity contribution in [3.8, 4) is 11.5 Å². The van der Waals surface area contributed by atoms with Crippen molar-refractivity contribution in [2.45, 2.75) is 50.2 Å². The third-order valence-electron chi connectivity index (χ3n) is 9.47. The van der Waals surface area contributed by atoms with Gasteiger partial charge in [0.25, 0.3) is 5.91 Å². The first-order valence-electron chi connectivity index (χ1n) is 17.7. The van der Waals surface area contributed by atoms with Crippen LogP contribution in [0.15, 0.2) is 46.6 Å². The molecule has 2 aromatic carbocycles. The number of aromatic amines is 1. The van der Waals surface area contributed by atoms with Crippen LogP contribution in [0.4, 0.5) is 26.3 Å². The van der Waals surface area contributed by atoms with Gasteiger partial charge in [0.2, 0.25) is 0 Å². The molecular weight excluding hydrogens is 809 g/mol. The Labute approximate surface area is 328 Å². The molecule has 0 bridgehead atoms. The van der Waals surface area contributed by atoms with Gasteiger partial charge in [-0.3, -0.25) is 14.5 Å². The molecule has 2 saturated heterocycles. The number of likely N-dealkylation sites (tertiary alicyclic amines) is 1. The number of nitrogens with one attached hydrogen (secondary N) is 2. The Balaban J connectivity index is 0.997. The van der Waals surface area contributed by atoms with Crippen molar-refractivity contribution in [1.82, 2.24) is 25.1 Å². The molecule has 308 valence electrons. The minimum absolute atomic E-state index is 0.0737. The number of aromatic nitrogens is 2. The quantitative estimate of drug-likeness (QED) is 0.0793. The van der Waals surface area contributed by atoms with Crippen LogP contribution in [-0.4, -0.2) is 115 Å². The van der Waals surface area contributed by atoms with Gasteiger partial charge >= 0.3 is 29.2 Å². The Morgan fingerprint density at radius 2 is 1.81 bits per heavy atom. The van der Waals surface area contributed by atoms with E-state index in [1.54, 1.807) is 17.5 Å². The lowest BCUT2D eigenvalue weighted by molar-refractivity contribution is -0.205. The number of rotatable bonds is 13. The lowest BCUT2D eigenvalue weighted by Gasteiger charge is -2.47. The molecular formula is C36H37F6N5O8S2. The summed E-state index contributed by atoms with van der Waals surface area (Å²) in [5.41, 5.74) is 0.389. The molecule has 2 fully saturated rings. The first kappa shape index (κ1) is 42.0. The van der Waals surface area contributed by atoms with Crippen LogP contribution in [0.2, 0.25) is 0 Å². The van der Waals surface area contributed by atoms with Gasteiger partial charge in [-0.05, 0) is 62.6 Å². The number of hydrogen-bond acceptors (Lipinski definition) is 13. The predicted octanol–water partition coefficient (Wildman–Crippen LogP) is 5.19. The van der Waals surface area contributed by atoms with E-state index in [9.17, 15) is 45.5 Å². The number of alkyl halides is 6. The number of benzene rings is 2. The van der Waals surface area contributed by atoms with E-state index in [1.807, 2.05) is 24.0 Å². The molecule has 2 aromatic heterocycles. The number of ether oxygens (including phenoxy) is 4. The van der Waals surface area contributed by atoms with Crippen molar-refractivity contribution in [2.24, 2.45) is 0 Å². The Bertz CT molecular complexity index is 2130. The summed E-state index contributed by atoms with van der Waals surface area (Å²) in [6, 6.07) is 9.12. The van der Waals surface area contributed by atoms with Gasteiger partial charge in [0.05, 0.1) is 28.5 Å². The number of carbonyl (C=O) groups excluding carboxylic acids is 3. The predicted molar refractivity (Wildman–Crippen MR) is 195 cm³/mol. The fourth-order valence-corrected chi connectivity index (χ4v) is 8.11. The van der Waals surface area contributed by atoms with Gasteiger partial charge in [0.1, 0.15) is 29.7 Å². The zero-order valence-electron chi connectivity index (χ0n) is 30.3. The largest absolute Gasteiger partial charge is 0.492 e. The summed E-state index contributed by atoms with van der Waals surface area (Å²) in [6.07, 6.45) is -10.4. The molecule has 0 saturated carbocycles. The average molecular weight is 846 g/mol. The van der Waals surface area contributed by atoms with Gasteiger partial charge in [-0.2, -0.15) is 26.3 Å². The van der Waals surface area contributed by atoms with Crippen LogP contribution in [0.25, 0.3) is 10.2 Å². The smallest absolute Gasteiger partial charge is 0.491 e. The Hall–Kier alpha value is -4.57. The summed E-state index contributed by atoms with van der Waals surface area (Å²) in [4.78, 5) is 58.3.